The van der Waals surface area contributed by atoms with Crippen molar-refractivity contribution in [2.24, 2.45) is 0 Å². The summed E-state index contributed by atoms with van der Waals surface area (Å²) in [4.78, 5) is 15.2. The second kappa shape index (κ2) is 5.49. The fourth-order valence-corrected chi connectivity index (χ4v) is 1.95. The Balaban J connectivity index is 2.20. The van der Waals surface area contributed by atoms with Gasteiger partial charge in [0.05, 0.1) is 5.56 Å². The number of carboxylic acids is 1. The van der Waals surface area contributed by atoms with Gasteiger partial charge in [0.15, 0.2) is 0 Å². The van der Waals surface area contributed by atoms with Gasteiger partial charge in [-0.25, -0.2) is 9.78 Å². The largest absolute Gasteiger partial charge is 0.478 e. The van der Waals surface area contributed by atoms with Crippen LogP contribution in [0.2, 0.25) is 0 Å². The number of hydrogen-bond donors (Lipinski definition) is 1. The predicted molar refractivity (Wildman–Crippen MR) is 68.7 cm³/mol. The number of aryl methyl sites for hydroxylation is 1. The average molecular weight is 244 g/mol. The van der Waals surface area contributed by atoms with Crippen LogP contribution >= 0.6 is 0 Å². The van der Waals surface area contributed by atoms with E-state index in [1.807, 2.05) is 12.3 Å². The van der Waals surface area contributed by atoms with Gasteiger partial charge in [-0.2, -0.15) is 0 Å². The minimum atomic E-state index is -0.895. The number of benzene rings is 1. The number of carboxylic acid groups (broad SMARTS) is 1. The molecule has 94 valence electrons. The molecule has 0 fully saturated rings. The molecule has 0 bridgehead atoms. The van der Waals surface area contributed by atoms with Gasteiger partial charge in [-0.1, -0.05) is 19.1 Å². The summed E-state index contributed by atoms with van der Waals surface area (Å²) >= 11 is 0. The van der Waals surface area contributed by atoms with Crippen molar-refractivity contribution < 1.29 is 9.90 Å². The molecule has 0 spiro atoms. The van der Waals surface area contributed by atoms with E-state index in [1.54, 1.807) is 24.4 Å². The van der Waals surface area contributed by atoms with Gasteiger partial charge in [0.1, 0.15) is 5.82 Å². The monoisotopic (exact) mass is 244 g/mol. The number of aromatic carboxylic acids is 1. The lowest BCUT2D eigenvalue weighted by Gasteiger charge is -2.06. The highest BCUT2D eigenvalue weighted by Crippen LogP contribution is 2.11. The molecule has 18 heavy (non-hydrogen) atoms. The Morgan fingerprint density at radius 3 is 3.00 bits per heavy atom. The van der Waals surface area contributed by atoms with Gasteiger partial charge in [-0.3, -0.25) is 0 Å². The van der Waals surface area contributed by atoms with E-state index in [9.17, 15) is 4.79 Å². The van der Waals surface area contributed by atoms with E-state index in [1.165, 1.54) is 0 Å². The Labute approximate surface area is 106 Å². The van der Waals surface area contributed by atoms with E-state index >= 15 is 0 Å². The van der Waals surface area contributed by atoms with Crippen LogP contribution in [0.1, 0.15) is 35.1 Å². The Bertz CT molecular complexity index is 546. The lowest BCUT2D eigenvalue weighted by atomic mass is 10.1. The van der Waals surface area contributed by atoms with Crippen molar-refractivity contribution in [2.75, 3.05) is 0 Å². The summed E-state index contributed by atoms with van der Waals surface area (Å²) in [6.45, 7) is 3.06. The molecule has 0 atom stereocenters. The standard InChI is InChI=1S/C14H16N2O2/c1-2-7-16-8-6-15-13(16)10-11-4-3-5-12(9-11)14(17)18/h3-6,8-9H,2,7,10H2,1H3,(H,17,18). The van der Waals surface area contributed by atoms with Gasteiger partial charge in [0.25, 0.3) is 0 Å². The highest BCUT2D eigenvalue weighted by molar-refractivity contribution is 5.87. The Kier molecular flexibility index (Phi) is 3.77. The number of imidazole rings is 1. The van der Waals surface area contributed by atoms with Crippen molar-refractivity contribution in [3.8, 4) is 0 Å². The molecule has 4 heteroatoms. The summed E-state index contributed by atoms with van der Waals surface area (Å²) in [5, 5.41) is 8.95. The van der Waals surface area contributed by atoms with Crippen molar-refractivity contribution >= 4 is 5.97 Å². The van der Waals surface area contributed by atoms with Crippen molar-refractivity contribution in [1.82, 2.24) is 9.55 Å². The molecule has 0 aliphatic heterocycles. The van der Waals surface area contributed by atoms with E-state index in [-0.39, 0.29) is 0 Å². The lowest BCUT2D eigenvalue weighted by Crippen LogP contribution is -2.04. The van der Waals surface area contributed by atoms with Crippen LogP contribution in [-0.4, -0.2) is 20.6 Å². The van der Waals surface area contributed by atoms with Gasteiger partial charge >= 0.3 is 5.97 Å². The zero-order valence-electron chi connectivity index (χ0n) is 10.3. The number of aromatic nitrogens is 2. The summed E-state index contributed by atoms with van der Waals surface area (Å²) in [5.74, 6) is 0.0770. The van der Waals surface area contributed by atoms with E-state index < -0.39 is 5.97 Å². The molecule has 2 rings (SSSR count). The maximum Gasteiger partial charge on any atom is 0.335 e. The summed E-state index contributed by atoms with van der Waals surface area (Å²) in [6.07, 6.45) is 5.46. The fourth-order valence-electron chi connectivity index (χ4n) is 1.95. The normalized spacial score (nSPS) is 10.5. The minimum absolute atomic E-state index is 0.320. The van der Waals surface area contributed by atoms with E-state index in [4.69, 9.17) is 5.11 Å². The van der Waals surface area contributed by atoms with Crippen molar-refractivity contribution in [1.29, 1.82) is 0 Å². The summed E-state index contributed by atoms with van der Waals surface area (Å²) in [7, 11) is 0. The van der Waals surface area contributed by atoms with Gasteiger partial charge in [-0.05, 0) is 24.1 Å². The first-order valence-corrected chi connectivity index (χ1v) is 6.03. The van der Waals surface area contributed by atoms with Crippen molar-refractivity contribution in [3.05, 3.63) is 53.6 Å². The van der Waals surface area contributed by atoms with Crippen LogP contribution in [0.3, 0.4) is 0 Å². The van der Waals surface area contributed by atoms with E-state index in [0.29, 0.717) is 12.0 Å². The minimum Gasteiger partial charge on any atom is -0.478 e. The molecule has 1 N–H and O–H groups in total. The quantitative estimate of drug-likeness (QED) is 0.879. The Morgan fingerprint density at radius 2 is 2.28 bits per heavy atom. The molecular weight excluding hydrogens is 228 g/mol. The SMILES string of the molecule is CCCn1ccnc1Cc1cccc(C(=O)O)c1. The molecule has 4 nitrogen and oxygen atoms in total. The maximum atomic E-state index is 10.9. The number of carbonyl (C=O) groups is 1. The Hall–Kier alpha value is -2.10. The van der Waals surface area contributed by atoms with Gasteiger partial charge in [-0.15, -0.1) is 0 Å². The molecule has 0 saturated heterocycles. The van der Waals surface area contributed by atoms with Crippen LogP contribution < -0.4 is 0 Å². The fraction of sp³-hybridized carbons (Fsp3) is 0.286. The number of hydrogen-bond acceptors (Lipinski definition) is 2. The predicted octanol–water partition coefficient (Wildman–Crippen LogP) is 2.58. The van der Waals surface area contributed by atoms with Crippen molar-refractivity contribution in [2.45, 2.75) is 26.3 Å². The molecule has 1 aromatic heterocycles. The molecule has 0 radical (unpaired) electrons. The topological polar surface area (TPSA) is 55.1 Å². The highest BCUT2D eigenvalue weighted by Gasteiger charge is 2.06. The summed E-state index contributed by atoms with van der Waals surface area (Å²) < 4.78 is 2.10. The zero-order chi connectivity index (χ0) is 13.0. The molecule has 0 amide bonds. The van der Waals surface area contributed by atoms with Gasteiger partial charge in [0, 0.05) is 25.4 Å². The van der Waals surface area contributed by atoms with Crippen LogP contribution in [0.4, 0.5) is 0 Å². The number of rotatable bonds is 5. The highest BCUT2D eigenvalue weighted by atomic mass is 16.4. The van der Waals surface area contributed by atoms with Gasteiger partial charge in [0.2, 0.25) is 0 Å². The summed E-state index contributed by atoms with van der Waals surface area (Å²) in [5.41, 5.74) is 1.29. The van der Waals surface area contributed by atoms with E-state index in [2.05, 4.69) is 16.5 Å². The zero-order valence-corrected chi connectivity index (χ0v) is 10.3. The van der Waals surface area contributed by atoms with Crippen LogP contribution in [0.5, 0.6) is 0 Å². The maximum absolute atomic E-state index is 10.9. The van der Waals surface area contributed by atoms with E-state index in [0.717, 1.165) is 24.4 Å². The van der Waals surface area contributed by atoms with Crippen LogP contribution in [0, 0.1) is 0 Å². The first kappa shape index (κ1) is 12.4. The lowest BCUT2D eigenvalue weighted by molar-refractivity contribution is 0.0697. The molecule has 2 aromatic rings. The molecule has 0 unspecified atom stereocenters. The first-order chi connectivity index (χ1) is 8.70. The molecule has 0 aliphatic rings. The third-order valence-corrected chi connectivity index (χ3v) is 2.80. The van der Waals surface area contributed by atoms with Crippen LogP contribution in [0.25, 0.3) is 0 Å². The summed E-state index contributed by atoms with van der Waals surface area (Å²) in [6, 6.07) is 7.00. The van der Waals surface area contributed by atoms with Crippen LogP contribution in [0.15, 0.2) is 36.7 Å². The molecule has 0 aliphatic carbocycles. The second-order valence-electron chi connectivity index (χ2n) is 4.22. The first-order valence-electron chi connectivity index (χ1n) is 6.03. The molecule has 1 aromatic carbocycles. The smallest absolute Gasteiger partial charge is 0.335 e. The molecule has 0 saturated carbocycles. The number of nitrogens with zero attached hydrogens (tertiary/aromatic N) is 2. The van der Waals surface area contributed by atoms with Gasteiger partial charge < -0.3 is 9.67 Å². The Morgan fingerprint density at radius 1 is 1.44 bits per heavy atom. The average Bonchev–Trinajstić information content (AvgIpc) is 2.77. The second-order valence-corrected chi connectivity index (χ2v) is 4.22. The molecular formula is C14H16N2O2. The van der Waals surface area contributed by atoms with Crippen LogP contribution in [-0.2, 0) is 13.0 Å². The third kappa shape index (κ3) is 2.77. The van der Waals surface area contributed by atoms with Crippen molar-refractivity contribution in [3.63, 3.8) is 0 Å². The third-order valence-electron chi connectivity index (χ3n) is 2.80. The molecule has 1 heterocycles.